The number of rotatable bonds is 4. The Labute approximate surface area is 166 Å². The highest BCUT2D eigenvalue weighted by Gasteiger charge is 2.63. The Kier molecular flexibility index (Phi) is 3.89. The first-order valence-corrected chi connectivity index (χ1v) is 9.81. The van der Waals surface area contributed by atoms with E-state index in [2.05, 4.69) is 15.5 Å². The SMILES string of the molecule is CCn1ncc(N2C(=O)C3C4CCC(O4)C3C2=O)c1C(=O)Nc1cnn(C)c1C. The largest absolute Gasteiger partial charge is 0.373 e. The van der Waals surface area contributed by atoms with Gasteiger partial charge in [-0.1, -0.05) is 0 Å². The fraction of sp³-hybridized carbons (Fsp3) is 0.526. The molecule has 2 aromatic rings. The molecule has 4 atom stereocenters. The normalized spacial score (nSPS) is 27.8. The molecule has 5 rings (SSSR count). The highest BCUT2D eigenvalue weighted by atomic mass is 16.5. The quantitative estimate of drug-likeness (QED) is 0.765. The van der Waals surface area contributed by atoms with Gasteiger partial charge in [0.2, 0.25) is 11.8 Å². The molecule has 5 heterocycles. The smallest absolute Gasteiger partial charge is 0.276 e. The second kappa shape index (κ2) is 6.24. The lowest BCUT2D eigenvalue weighted by atomic mass is 9.81. The summed E-state index contributed by atoms with van der Waals surface area (Å²) in [5.41, 5.74) is 1.77. The molecule has 3 aliphatic rings. The third-order valence-electron chi connectivity index (χ3n) is 6.34. The topological polar surface area (TPSA) is 111 Å². The fourth-order valence-corrected chi connectivity index (χ4v) is 4.76. The molecule has 152 valence electrons. The van der Waals surface area contributed by atoms with E-state index in [4.69, 9.17) is 4.74 Å². The molecule has 10 heteroatoms. The second-order valence-electron chi connectivity index (χ2n) is 7.77. The highest BCUT2D eigenvalue weighted by molar-refractivity contribution is 6.25. The average molecular weight is 398 g/mol. The van der Waals surface area contributed by atoms with Crippen LogP contribution in [-0.2, 0) is 27.9 Å². The summed E-state index contributed by atoms with van der Waals surface area (Å²) in [5, 5.41) is 11.2. The maximum absolute atomic E-state index is 13.1. The highest BCUT2D eigenvalue weighted by Crippen LogP contribution is 2.49. The van der Waals surface area contributed by atoms with Crippen LogP contribution >= 0.6 is 0 Å². The predicted octanol–water partition coefficient (Wildman–Crippen LogP) is 0.864. The molecule has 3 aliphatic heterocycles. The zero-order valence-corrected chi connectivity index (χ0v) is 16.5. The first-order chi connectivity index (χ1) is 13.9. The van der Waals surface area contributed by atoms with Gasteiger partial charge in [0.15, 0.2) is 5.69 Å². The van der Waals surface area contributed by atoms with E-state index in [0.29, 0.717) is 12.2 Å². The lowest BCUT2D eigenvalue weighted by molar-refractivity contribution is -0.124. The van der Waals surface area contributed by atoms with Crippen LogP contribution in [0, 0.1) is 18.8 Å². The summed E-state index contributed by atoms with van der Waals surface area (Å²) < 4.78 is 8.93. The van der Waals surface area contributed by atoms with Crippen molar-refractivity contribution in [3.63, 3.8) is 0 Å². The maximum Gasteiger partial charge on any atom is 0.276 e. The Balaban J connectivity index is 1.51. The third kappa shape index (κ3) is 2.41. The van der Waals surface area contributed by atoms with Crippen molar-refractivity contribution in [3.8, 4) is 0 Å². The number of aromatic nitrogens is 4. The minimum absolute atomic E-state index is 0.186. The van der Waals surface area contributed by atoms with Gasteiger partial charge < -0.3 is 10.1 Å². The molecule has 2 aromatic heterocycles. The zero-order valence-electron chi connectivity index (χ0n) is 16.5. The van der Waals surface area contributed by atoms with Crippen molar-refractivity contribution in [1.29, 1.82) is 0 Å². The van der Waals surface area contributed by atoms with Crippen LogP contribution in [0.15, 0.2) is 12.4 Å². The van der Waals surface area contributed by atoms with Crippen LogP contribution in [0.1, 0.15) is 35.9 Å². The number of nitrogens with one attached hydrogen (secondary N) is 1. The van der Waals surface area contributed by atoms with Crippen molar-refractivity contribution in [3.05, 3.63) is 23.8 Å². The number of amides is 3. The summed E-state index contributed by atoms with van der Waals surface area (Å²) in [7, 11) is 1.78. The van der Waals surface area contributed by atoms with E-state index < -0.39 is 17.7 Å². The monoisotopic (exact) mass is 398 g/mol. The van der Waals surface area contributed by atoms with E-state index >= 15 is 0 Å². The number of fused-ring (bicyclic) bond motifs is 5. The summed E-state index contributed by atoms with van der Waals surface area (Å²) in [6.07, 6.45) is 4.16. The third-order valence-corrected chi connectivity index (χ3v) is 6.34. The van der Waals surface area contributed by atoms with E-state index in [1.165, 1.54) is 10.9 Å². The van der Waals surface area contributed by atoms with Crippen molar-refractivity contribution in [1.82, 2.24) is 19.6 Å². The van der Waals surface area contributed by atoms with Gasteiger partial charge in [0.05, 0.1) is 47.8 Å². The van der Waals surface area contributed by atoms with Crippen LogP contribution in [0.4, 0.5) is 11.4 Å². The van der Waals surface area contributed by atoms with Gasteiger partial charge in [-0.2, -0.15) is 10.2 Å². The first-order valence-electron chi connectivity index (χ1n) is 9.81. The van der Waals surface area contributed by atoms with Gasteiger partial charge >= 0.3 is 0 Å². The molecule has 3 amide bonds. The molecule has 0 aliphatic carbocycles. The Morgan fingerprint density at radius 1 is 1.17 bits per heavy atom. The lowest BCUT2D eigenvalue weighted by Crippen LogP contribution is -2.35. The molecule has 0 aromatic carbocycles. The van der Waals surface area contributed by atoms with Crippen LogP contribution in [0.5, 0.6) is 0 Å². The molecule has 0 spiro atoms. The number of carbonyl (C=O) groups is 3. The summed E-state index contributed by atoms with van der Waals surface area (Å²) in [6, 6.07) is 0. The number of ether oxygens (including phenoxy) is 1. The van der Waals surface area contributed by atoms with E-state index in [-0.39, 0.29) is 35.4 Å². The summed E-state index contributed by atoms with van der Waals surface area (Å²) in [6.45, 7) is 4.11. The van der Waals surface area contributed by atoms with Gasteiger partial charge in [0.1, 0.15) is 5.69 Å². The van der Waals surface area contributed by atoms with Crippen LogP contribution in [0.25, 0.3) is 0 Å². The molecule has 1 N–H and O–H groups in total. The van der Waals surface area contributed by atoms with Gasteiger partial charge in [-0.25, -0.2) is 4.90 Å². The van der Waals surface area contributed by atoms with Crippen molar-refractivity contribution in [2.75, 3.05) is 10.2 Å². The molecular weight excluding hydrogens is 376 g/mol. The summed E-state index contributed by atoms with van der Waals surface area (Å²) in [5.74, 6) is -1.94. The standard InChI is InChI=1S/C19H22N6O4/c1-4-24-16(17(26)22-10-7-20-23(3)9(10)2)11(8-21-24)25-18(27)14-12-5-6-13(29-12)15(14)19(25)28/h7-8,12-15H,4-6H2,1-3H3,(H,22,26). The van der Waals surface area contributed by atoms with Crippen molar-refractivity contribution < 1.29 is 19.1 Å². The van der Waals surface area contributed by atoms with E-state index in [9.17, 15) is 14.4 Å². The number of nitrogens with zero attached hydrogens (tertiary/aromatic N) is 5. The van der Waals surface area contributed by atoms with E-state index in [1.807, 2.05) is 13.8 Å². The molecule has 3 saturated heterocycles. The molecule has 2 bridgehead atoms. The summed E-state index contributed by atoms with van der Waals surface area (Å²) >= 11 is 0. The Hall–Kier alpha value is -3.01. The molecule has 3 fully saturated rings. The number of aryl methyl sites for hydroxylation is 2. The Bertz CT molecular complexity index is 1010. The van der Waals surface area contributed by atoms with E-state index in [1.54, 1.807) is 17.9 Å². The maximum atomic E-state index is 13.1. The predicted molar refractivity (Wildman–Crippen MR) is 101 cm³/mol. The molecule has 0 radical (unpaired) electrons. The minimum Gasteiger partial charge on any atom is -0.373 e. The number of carbonyl (C=O) groups excluding carboxylic acids is 3. The van der Waals surface area contributed by atoms with Crippen molar-refractivity contribution in [2.45, 2.75) is 45.4 Å². The van der Waals surface area contributed by atoms with Crippen molar-refractivity contribution in [2.24, 2.45) is 18.9 Å². The number of hydrogen-bond donors (Lipinski definition) is 1. The van der Waals surface area contributed by atoms with Crippen LogP contribution in [-0.4, -0.2) is 49.5 Å². The lowest BCUT2D eigenvalue weighted by Gasteiger charge is -2.18. The van der Waals surface area contributed by atoms with Gasteiger partial charge in [-0.3, -0.25) is 23.7 Å². The number of hydrogen-bond acceptors (Lipinski definition) is 6. The van der Waals surface area contributed by atoms with Crippen LogP contribution in [0.2, 0.25) is 0 Å². The zero-order chi connectivity index (χ0) is 20.4. The van der Waals surface area contributed by atoms with Gasteiger partial charge in [0.25, 0.3) is 5.91 Å². The Morgan fingerprint density at radius 2 is 1.83 bits per heavy atom. The van der Waals surface area contributed by atoms with Crippen LogP contribution in [0.3, 0.4) is 0 Å². The van der Waals surface area contributed by atoms with E-state index in [0.717, 1.165) is 23.4 Å². The van der Waals surface area contributed by atoms with Gasteiger partial charge in [0, 0.05) is 13.6 Å². The van der Waals surface area contributed by atoms with Gasteiger partial charge in [-0.05, 0) is 26.7 Å². The Morgan fingerprint density at radius 3 is 2.38 bits per heavy atom. The average Bonchev–Trinajstić information content (AvgIpc) is 3.49. The van der Waals surface area contributed by atoms with Crippen molar-refractivity contribution >= 4 is 29.1 Å². The number of imide groups is 1. The molecular formula is C19H22N6O4. The van der Waals surface area contributed by atoms with Crippen LogP contribution < -0.4 is 10.2 Å². The molecule has 4 unspecified atom stereocenters. The second-order valence-corrected chi connectivity index (χ2v) is 7.77. The molecule has 29 heavy (non-hydrogen) atoms. The fourth-order valence-electron chi connectivity index (χ4n) is 4.76. The molecule has 0 saturated carbocycles. The number of anilines is 2. The first kappa shape index (κ1) is 18.0. The molecule has 10 nitrogen and oxygen atoms in total. The minimum atomic E-state index is -0.456. The van der Waals surface area contributed by atoms with Gasteiger partial charge in [-0.15, -0.1) is 0 Å². The summed E-state index contributed by atoms with van der Waals surface area (Å²) in [4.78, 5) is 40.5.